The number of aryl methyl sites for hydroxylation is 1. The molecule has 1 amide bonds. The molecule has 1 N–H and O–H groups in total. The maximum absolute atomic E-state index is 11.7. The van der Waals surface area contributed by atoms with Crippen LogP contribution >= 0.6 is 0 Å². The van der Waals surface area contributed by atoms with Crippen LogP contribution in [0.5, 0.6) is 0 Å². The highest BCUT2D eigenvalue weighted by molar-refractivity contribution is 5.76. The van der Waals surface area contributed by atoms with Gasteiger partial charge in [0.15, 0.2) is 0 Å². The largest absolute Gasteiger partial charge is 0.469 e. The Morgan fingerprint density at radius 2 is 2.38 bits per heavy atom. The van der Waals surface area contributed by atoms with E-state index in [1.807, 2.05) is 26.2 Å². The fraction of sp³-hybridized carbons (Fsp3) is 0.583. The van der Waals surface area contributed by atoms with Gasteiger partial charge >= 0.3 is 0 Å². The zero-order chi connectivity index (χ0) is 11.8. The van der Waals surface area contributed by atoms with Crippen LogP contribution in [-0.4, -0.2) is 38.0 Å². The number of rotatable bonds is 7. The minimum absolute atomic E-state index is 0.174. The summed E-state index contributed by atoms with van der Waals surface area (Å²) in [6, 6.07) is 3.74. The zero-order valence-electron chi connectivity index (χ0n) is 10.0. The molecule has 1 aromatic heterocycles. The van der Waals surface area contributed by atoms with Gasteiger partial charge in [-0.25, -0.2) is 0 Å². The van der Waals surface area contributed by atoms with Crippen molar-refractivity contribution < 1.29 is 9.21 Å². The third-order valence-electron chi connectivity index (χ3n) is 2.51. The zero-order valence-corrected chi connectivity index (χ0v) is 10.0. The van der Waals surface area contributed by atoms with E-state index in [0.717, 1.165) is 25.3 Å². The lowest BCUT2D eigenvalue weighted by Gasteiger charge is -2.16. The second-order valence-corrected chi connectivity index (χ2v) is 3.85. The quantitative estimate of drug-likeness (QED) is 0.710. The van der Waals surface area contributed by atoms with E-state index < -0.39 is 0 Å². The van der Waals surface area contributed by atoms with Crippen LogP contribution in [-0.2, 0) is 11.2 Å². The van der Waals surface area contributed by atoms with Crippen molar-refractivity contribution in [2.75, 3.05) is 27.2 Å². The fourth-order valence-corrected chi connectivity index (χ4v) is 1.49. The Labute approximate surface area is 96.6 Å². The second kappa shape index (κ2) is 7.06. The molecule has 0 spiro atoms. The van der Waals surface area contributed by atoms with Gasteiger partial charge < -0.3 is 14.6 Å². The van der Waals surface area contributed by atoms with E-state index in [1.54, 1.807) is 11.2 Å². The van der Waals surface area contributed by atoms with Gasteiger partial charge in [0, 0.05) is 26.4 Å². The van der Waals surface area contributed by atoms with Crippen LogP contribution in [0.1, 0.15) is 18.6 Å². The molecule has 0 saturated carbocycles. The monoisotopic (exact) mass is 224 g/mol. The first-order valence-corrected chi connectivity index (χ1v) is 5.65. The number of carbonyl (C=O) groups excluding carboxylic acids is 1. The van der Waals surface area contributed by atoms with E-state index in [4.69, 9.17) is 4.42 Å². The number of amides is 1. The number of hydrogen-bond acceptors (Lipinski definition) is 3. The van der Waals surface area contributed by atoms with E-state index in [2.05, 4.69) is 5.32 Å². The van der Waals surface area contributed by atoms with Crippen LogP contribution in [0.15, 0.2) is 22.8 Å². The minimum atomic E-state index is 0.174. The molecular formula is C12H20N2O2. The summed E-state index contributed by atoms with van der Waals surface area (Å²) < 4.78 is 5.18. The highest BCUT2D eigenvalue weighted by atomic mass is 16.3. The highest BCUT2D eigenvalue weighted by Gasteiger charge is 2.08. The number of nitrogens with one attached hydrogen (secondary N) is 1. The molecule has 1 heterocycles. The van der Waals surface area contributed by atoms with E-state index in [1.165, 1.54) is 0 Å². The molecule has 16 heavy (non-hydrogen) atoms. The van der Waals surface area contributed by atoms with Gasteiger partial charge in [-0.1, -0.05) is 0 Å². The van der Waals surface area contributed by atoms with Gasteiger partial charge in [0.2, 0.25) is 5.91 Å². The molecule has 4 nitrogen and oxygen atoms in total. The van der Waals surface area contributed by atoms with E-state index in [9.17, 15) is 4.79 Å². The van der Waals surface area contributed by atoms with Crippen molar-refractivity contribution in [2.24, 2.45) is 0 Å². The fourth-order valence-electron chi connectivity index (χ4n) is 1.49. The first kappa shape index (κ1) is 12.8. The van der Waals surface area contributed by atoms with Crippen LogP contribution in [0.25, 0.3) is 0 Å². The Hall–Kier alpha value is -1.29. The lowest BCUT2D eigenvalue weighted by Crippen LogP contribution is -2.29. The van der Waals surface area contributed by atoms with Gasteiger partial charge in [-0.2, -0.15) is 0 Å². The van der Waals surface area contributed by atoms with Crippen molar-refractivity contribution in [3.63, 3.8) is 0 Å². The normalized spacial score (nSPS) is 10.4. The highest BCUT2D eigenvalue weighted by Crippen LogP contribution is 2.05. The van der Waals surface area contributed by atoms with Crippen molar-refractivity contribution in [1.82, 2.24) is 10.2 Å². The van der Waals surface area contributed by atoms with E-state index >= 15 is 0 Å². The third-order valence-corrected chi connectivity index (χ3v) is 2.51. The lowest BCUT2D eigenvalue weighted by molar-refractivity contribution is -0.129. The van der Waals surface area contributed by atoms with Crippen LogP contribution in [0.3, 0.4) is 0 Å². The molecule has 0 aliphatic carbocycles. The van der Waals surface area contributed by atoms with Gasteiger partial charge in [-0.15, -0.1) is 0 Å². The second-order valence-electron chi connectivity index (χ2n) is 3.85. The van der Waals surface area contributed by atoms with Crippen molar-refractivity contribution >= 4 is 5.91 Å². The summed E-state index contributed by atoms with van der Waals surface area (Å²) in [4.78, 5) is 13.5. The molecule has 0 atom stereocenters. The summed E-state index contributed by atoms with van der Waals surface area (Å²) in [5.74, 6) is 1.05. The van der Waals surface area contributed by atoms with Crippen LogP contribution < -0.4 is 5.32 Å². The predicted molar refractivity (Wildman–Crippen MR) is 63.2 cm³/mol. The summed E-state index contributed by atoms with van der Waals surface area (Å²) in [5, 5.41) is 3.06. The average molecular weight is 224 g/mol. The maximum Gasteiger partial charge on any atom is 0.222 e. The van der Waals surface area contributed by atoms with E-state index in [0.29, 0.717) is 12.8 Å². The van der Waals surface area contributed by atoms with Crippen LogP contribution in [0.2, 0.25) is 0 Å². The summed E-state index contributed by atoms with van der Waals surface area (Å²) in [6.45, 7) is 1.74. The van der Waals surface area contributed by atoms with Gasteiger partial charge in [0.05, 0.1) is 6.26 Å². The molecular weight excluding hydrogens is 204 g/mol. The molecule has 0 aromatic carbocycles. The lowest BCUT2D eigenvalue weighted by atomic mass is 10.2. The smallest absolute Gasteiger partial charge is 0.222 e. The van der Waals surface area contributed by atoms with Crippen molar-refractivity contribution in [2.45, 2.75) is 19.3 Å². The van der Waals surface area contributed by atoms with Crippen LogP contribution in [0, 0.1) is 0 Å². The third kappa shape index (κ3) is 4.49. The summed E-state index contributed by atoms with van der Waals surface area (Å²) in [6.07, 6.45) is 3.82. The Morgan fingerprint density at radius 1 is 1.56 bits per heavy atom. The Morgan fingerprint density at radius 3 is 3.00 bits per heavy atom. The Balaban J connectivity index is 2.18. The Bertz CT molecular complexity index is 296. The summed E-state index contributed by atoms with van der Waals surface area (Å²) in [5.41, 5.74) is 0. The number of carbonyl (C=O) groups is 1. The van der Waals surface area contributed by atoms with Crippen LogP contribution in [0.4, 0.5) is 0 Å². The minimum Gasteiger partial charge on any atom is -0.469 e. The molecule has 0 bridgehead atoms. The molecule has 90 valence electrons. The van der Waals surface area contributed by atoms with Gasteiger partial charge in [-0.3, -0.25) is 4.79 Å². The maximum atomic E-state index is 11.7. The van der Waals surface area contributed by atoms with Gasteiger partial charge in [-0.05, 0) is 32.1 Å². The molecule has 0 fully saturated rings. The van der Waals surface area contributed by atoms with Crippen molar-refractivity contribution in [3.8, 4) is 0 Å². The average Bonchev–Trinajstić information content (AvgIpc) is 2.79. The molecule has 1 rings (SSSR count). The molecule has 4 heteroatoms. The molecule has 0 saturated heterocycles. The number of nitrogens with zero attached hydrogens (tertiary/aromatic N) is 1. The topological polar surface area (TPSA) is 45.5 Å². The Kier molecular flexibility index (Phi) is 5.64. The number of furan rings is 1. The SMILES string of the molecule is CNCCCN(C)C(=O)CCc1ccco1. The molecule has 1 aromatic rings. The van der Waals surface area contributed by atoms with Gasteiger partial charge in [0.1, 0.15) is 5.76 Å². The van der Waals surface area contributed by atoms with Crippen molar-refractivity contribution in [3.05, 3.63) is 24.2 Å². The van der Waals surface area contributed by atoms with E-state index in [-0.39, 0.29) is 5.91 Å². The van der Waals surface area contributed by atoms with Crippen molar-refractivity contribution in [1.29, 1.82) is 0 Å². The molecule has 0 aliphatic heterocycles. The molecule has 0 unspecified atom stereocenters. The predicted octanol–water partition coefficient (Wildman–Crippen LogP) is 1.28. The first-order chi connectivity index (χ1) is 7.74. The standard InChI is InChI=1S/C12H20N2O2/c1-13-8-4-9-14(2)12(15)7-6-11-5-3-10-16-11/h3,5,10,13H,4,6-9H2,1-2H3. The summed E-state index contributed by atoms with van der Waals surface area (Å²) >= 11 is 0. The van der Waals surface area contributed by atoms with Gasteiger partial charge in [0.25, 0.3) is 0 Å². The molecule has 0 radical (unpaired) electrons. The first-order valence-electron chi connectivity index (χ1n) is 5.65. The number of hydrogen-bond donors (Lipinski definition) is 1. The summed E-state index contributed by atoms with van der Waals surface area (Å²) in [7, 11) is 3.76. The molecule has 0 aliphatic rings.